The third-order valence-electron chi connectivity index (χ3n) is 5.34. The van der Waals surface area contributed by atoms with Gasteiger partial charge in [0.05, 0.1) is 15.6 Å². The molecule has 1 N–H and O–H groups in total. The number of carbonyl (C=O) groups excluding carboxylic acids is 1. The summed E-state index contributed by atoms with van der Waals surface area (Å²) in [6, 6.07) is 12.7. The van der Waals surface area contributed by atoms with Gasteiger partial charge in [0.2, 0.25) is 5.91 Å². The fraction of sp³-hybridized carbons (Fsp3) is 0.348. The Morgan fingerprint density at radius 3 is 2.84 bits per heavy atom. The molecule has 0 amide bonds. The van der Waals surface area contributed by atoms with Gasteiger partial charge in [0, 0.05) is 44.2 Å². The fourth-order valence-electron chi connectivity index (χ4n) is 3.88. The van der Waals surface area contributed by atoms with Crippen molar-refractivity contribution in [3.05, 3.63) is 58.7 Å². The molecular weight excluding hydrogens is 439 g/mol. The number of rotatable bonds is 7. The van der Waals surface area contributed by atoms with Crippen LogP contribution in [0, 0.1) is 0 Å². The van der Waals surface area contributed by atoms with Crippen molar-refractivity contribution in [1.29, 1.82) is 0 Å². The summed E-state index contributed by atoms with van der Waals surface area (Å²) in [4.78, 5) is 14.0. The first-order valence-corrected chi connectivity index (χ1v) is 10.9. The van der Waals surface area contributed by atoms with Gasteiger partial charge in [0.15, 0.2) is 0 Å². The van der Waals surface area contributed by atoms with Crippen LogP contribution in [0.5, 0.6) is 11.5 Å². The Hall–Kier alpha value is -2.25. The SMILES string of the molecule is CC(=O)n1ccc2cccc(OCC(O)CN3CCC(Oc4ccc(Cl)c(Cl)c4)C3)c21. The predicted molar refractivity (Wildman–Crippen MR) is 122 cm³/mol. The number of ether oxygens (including phenoxy) is 2. The molecule has 3 aromatic rings. The fourth-order valence-corrected chi connectivity index (χ4v) is 4.17. The summed E-state index contributed by atoms with van der Waals surface area (Å²) in [7, 11) is 0. The largest absolute Gasteiger partial charge is 0.489 e. The minimum atomic E-state index is -0.667. The second-order valence-electron chi connectivity index (χ2n) is 7.73. The Kier molecular flexibility index (Phi) is 6.72. The number of aromatic nitrogens is 1. The number of carbonyl (C=O) groups is 1. The first-order chi connectivity index (χ1) is 14.9. The van der Waals surface area contributed by atoms with E-state index in [1.165, 1.54) is 6.92 Å². The van der Waals surface area contributed by atoms with Crippen molar-refractivity contribution < 1.29 is 19.4 Å². The lowest BCUT2D eigenvalue weighted by atomic mass is 10.2. The van der Waals surface area contributed by atoms with Gasteiger partial charge in [-0.2, -0.15) is 0 Å². The lowest BCUT2D eigenvalue weighted by Crippen LogP contribution is -2.35. The monoisotopic (exact) mass is 462 g/mol. The summed E-state index contributed by atoms with van der Waals surface area (Å²) in [5.74, 6) is 1.18. The van der Waals surface area contributed by atoms with Crippen LogP contribution in [0.1, 0.15) is 18.1 Å². The highest BCUT2D eigenvalue weighted by Gasteiger charge is 2.26. The minimum Gasteiger partial charge on any atom is -0.489 e. The van der Waals surface area contributed by atoms with Crippen LogP contribution < -0.4 is 9.47 Å². The lowest BCUT2D eigenvalue weighted by Gasteiger charge is -2.21. The predicted octanol–water partition coefficient (Wildman–Crippen LogP) is 4.50. The summed E-state index contributed by atoms with van der Waals surface area (Å²) >= 11 is 12.0. The number of halogens is 2. The quantitative estimate of drug-likeness (QED) is 0.559. The van der Waals surface area contributed by atoms with E-state index in [1.54, 1.807) is 29.0 Å². The Balaban J connectivity index is 1.30. The van der Waals surface area contributed by atoms with Crippen LogP contribution in [-0.2, 0) is 0 Å². The normalized spacial score (nSPS) is 17.7. The van der Waals surface area contributed by atoms with Gasteiger partial charge in [-0.25, -0.2) is 0 Å². The van der Waals surface area contributed by atoms with Crippen molar-refractivity contribution in [2.75, 3.05) is 26.2 Å². The van der Waals surface area contributed by atoms with Crippen LogP contribution in [0.2, 0.25) is 10.0 Å². The van der Waals surface area contributed by atoms with Crippen LogP contribution in [0.4, 0.5) is 0 Å². The van der Waals surface area contributed by atoms with Crippen LogP contribution >= 0.6 is 23.2 Å². The summed E-state index contributed by atoms with van der Waals surface area (Å²) in [5, 5.41) is 12.4. The number of aliphatic hydroxyl groups excluding tert-OH is 1. The lowest BCUT2D eigenvalue weighted by molar-refractivity contribution is 0.0724. The van der Waals surface area contributed by atoms with E-state index in [-0.39, 0.29) is 18.6 Å². The molecule has 6 nitrogen and oxygen atoms in total. The molecule has 0 spiro atoms. The number of likely N-dealkylation sites (tertiary alicyclic amines) is 1. The molecule has 31 heavy (non-hydrogen) atoms. The van der Waals surface area contributed by atoms with E-state index < -0.39 is 6.10 Å². The summed E-state index contributed by atoms with van der Waals surface area (Å²) in [6.07, 6.45) is 1.95. The molecule has 1 fully saturated rings. The van der Waals surface area contributed by atoms with E-state index in [1.807, 2.05) is 24.3 Å². The zero-order chi connectivity index (χ0) is 22.0. The molecule has 0 radical (unpaired) electrons. The smallest absolute Gasteiger partial charge is 0.228 e. The molecule has 1 aromatic heterocycles. The molecule has 4 rings (SSSR count). The van der Waals surface area contributed by atoms with Gasteiger partial charge >= 0.3 is 0 Å². The van der Waals surface area contributed by atoms with Crippen molar-refractivity contribution in [1.82, 2.24) is 9.47 Å². The number of aliphatic hydroxyl groups is 1. The van der Waals surface area contributed by atoms with E-state index >= 15 is 0 Å². The van der Waals surface area contributed by atoms with E-state index in [0.29, 0.717) is 34.6 Å². The van der Waals surface area contributed by atoms with Crippen molar-refractivity contribution >= 4 is 40.0 Å². The minimum absolute atomic E-state index is 0.0259. The van der Waals surface area contributed by atoms with Gasteiger partial charge in [-0.05, 0) is 30.7 Å². The maximum absolute atomic E-state index is 11.9. The van der Waals surface area contributed by atoms with Crippen LogP contribution in [-0.4, -0.2) is 58.9 Å². The highest BCUT2D eigenvalue weighted by Crippen LogP contribution is 2.29. The molecule has 1 saturated heterocycles. The number of hydrogen-bond donors (Lipinski definition) is 1. The number of fused-ring (bicyclic) bond motifs is 1. The van der Waals surface area contributed by atoms with Gasteiger partial charge in [-0.15, -0.1) is 0 Å². The number of hydrogen-bond acceptors (Lipinski definition) is 5. The van der Waals surface area contributed by atoms with Crippen LogP contribution in [0.15, 0.2) is 48.7 Å². The van der Waals surface area contributed by atoms with Gasteiger partial charge < -0.3 is 14.6 Å². The van der Waals surface area contributed by atoms with E-state index in [0.717, 1.165) is 23.9 Å². The second kappa shape index (κ2) is 9.49. The maximum atomic E-state index is 11.9. The van der Waals surface area contributed by atoms with Crippen molar-refractivity contribution in [2.45, 2.75) is 25.6 Å². The first kappa shape index (κ1) is 22.0. The zero-order valence-corrected chi connectivity index (χ0v) is 18.6. The highest BCUT2D eigenvalue weighted by molar-refractivity contribution is 6.42. The second-order valence-corrected chi connectivity index (χ2v) is 8.54. The Morgan fingerprint density at radius 2 is 2.06 bits per heavy atom. The number of benzene rings is 2. The topological polar surface area (TPSA) is 63.9 Å². The number of nitrogens with zero attached hydrogens (tertiary/aromatic N) is 2. The maximum Gasteiger partial charge on any atom is 0.228 e. The Morgan fingerprint density at radius 1 is 1.23 bits per heavy atom. The van der Waals surface area contributed by atoms with Crippen LogP contribution in [0.25, 0.3) is 10.9 Å². The summed E-state index contributed by atoms with van der Waals surface area (Å²) < 4.78 is 13.4. The third-order valence-corrected chi connectivity index (χ3v) is 6.08. The molecule has 2 atom stereocenters. The molecule has 2 heterocycles. The molecule has 0 bridgehead atoms. The Labute approximate surface area is 190 Å². The van der Waals surface area contributed by atoms with Crippen molar-refractivity contribution in [3.8, 4) is 11.5 Å². The zero-order valence-electron chi connectivity index (χ0n) is 17.1. The number of para-hydroxylation sites is 1. The molecule has 0 aliphatic carbocycles. The molecule has 0 saturated carbocycles. The van der Waals surface area contributed by atoms with E-state index in [4.69, 9.17) is 32.7 Å². The summed E-state index contributed by atoms with van der Waals surface area (Å²) in [6.45, 7) is 3.66. The number of β-amino-alcohol motifs (C(OH)–C–C–N with tert-alkyl or cyclic N) is 1. The van der Waals surface area contributed by atoms with Crippen LogP contribution in [0.3, 0.4) is 0 Å². The van der Waals surface area contributed by atoms with Gasteiger partial charge in [-0.3, -0.25) is 14.3 Å². The molecular formula is C23H24Cl2N2O4. The van der Waals surface area contributed by atoms with Gasteiger partial charge in [0.1, 0.15) is 30.3 Å². The molecule has 164 valence electrons. The van der Waals surface area contributed by atoms with Gasteiger partial charge in [0.25, 0.3) is 0 Å². The average Bonchev–Trinajstić information content (AvgIpc) is 3.36. The highest BCUT2D eigenvalue weighted by atomic mass is 35.5. The molecule has 2 unspecified atom stereocenters. The first-order valence-electron chi connectivity index (χ1n) is 10.2. The third kappa shape index (κ3) is 5.15. The van der Waals surface area contributed by atoms with Crippen molar-refractivity contribution in [3.63, 3.8) is 0 Å². The Bertz CT molecular complexity index is 1080. The van der Waals surface area contributed by atoms with E-state index in [9.17, 15) is 9.90 Å². The molecule has 1 aliphatic rings. The van der Waals surface area contributed by atoms with Crippen molar-refractivity contribution in [2.24, 2.45) is 0 Å². The van der Waals surface area contributed by atoms with Gasteiger partial charge in [-0.1, -0.05) is 35.3 Å². The molecule has 8 heteroatoms. The van der Waals surface area contributed by atoms with E-state index in [2.05, 4.69) is 4.90 Å². The molecule has 1 aliphatic heterocycles. The standard InChI is InChI=1S/C23H24Cl2N2O4/c1-15(28)27-10-7-16-3-2-4-22(23(16)27)30-14-17(29)12-26-9-8-19(13-26)31-18-5-6-20(24)21(25)11-18/h2-7,10-11,17,19,29H,8-9,12-14H2,1H3. The average molecular weight is 463 g/mol. The summed E-state index contributed by atoms with van der Waals surface area (Å²) in [5.41, 5.74) is 0.721. The molecule has 2 aromatic carbocycles.